The largest absolute Gasteiger partial charge is 0.465 e. The molecule has 0 radical (unpaired) electrons. The maximum atomic E-state index is 12.7. The summed E-state index contributed by atoms with van der Waals surface area (Å²) in [7, 11) is 0. The predicted molar refractivity (Wildman–Crippen MR) is 113 cm³/mol. The first-order chi connectivity index (χ1) is 14.2. The summed E-state index contributed by atoms with van der Waals surface area (Å²) < 4.78 is 16.1. The Morgan fingerprint density at radius 2 is 1.70 bits per heavy atom. The number of hydrogen-bond acceptors (Lipinski definition) is 6. The average molecular weight is 422 g/mol. The molecule has 1 unspecified atom stereocenters. The Bertz CT molecular complexity index is 661. The molecule has 0 aliphatic heterocycles. The van der Waals surface area contributed by atoms with Crippen molar-refractivity contribution < 1.29 is 28.6 Å². The molecule has 3 atom stereocenters. The molecule has 0 aliphatic carbocycles. The zero-order chi connectivity index (χ0) is 22.5. The van der Waals surface area contributed by atoms with Crippen molar-refractivity contribution in [2.45, 2.75) is 53.8 Å². The monoisotopic (exact) mass is 421 g/mol. The van der Waals surface area contributed by atoms with Crippen LogP contribution in [0.25, 0.3) is 0 Å². The van der Waals surface area contributed by atoms with E-state index in [1.807, 2.05) is 44.2 Å². The van der Waals surface area contributed by atoms with Crippen molar-refractivity contribution in [1.29, 1.82) is 0 Å². The number of hydrogen-bond donors (Lipinski definition) is 1. The van der Waals surface area contributed by atoms with Gasteiger partial charge in [0.05, 0.1) is 25.7 Å². The van der Waals surface area contributed by atoms with Crippen molar-refractivity contribution in [1.82, 2.24) is 5.32 Å². The summed E-state index contributed by atoms with van der Waals surface area (Å²) in [6, 6.07) is 9.66. The lowest BCUT2D eigenvalue weighted by molar-refractivity contribution is -0.164. The second-order valence-corrected chi connectivity index (χ2v) is 7.89. The van der Waals surface area contributed by atoms with Crippen LogP contribution >= 0.6 is 0 Å². The maximum absolute atomic E-state index is 12.7. The fourth-order valence-corrected chi connectivity index (χ4v) is 2.97. The van der Waals surface area contributed by atoms with E-state index < -0.39 is 29.9 Å². The SMILES string of the molecule is CCOC(=O)CNC(=O)C(OC(=O)[C@H](C)CC(C)C)[C@@H](C)COCc1ccccc1. The Morgan fingerprint density at radius 3 is 2.30 bits per heavy atom. The zero-order valence-electron chi connectivity index (χ0n) is 18.7. The quantitative estimate of drug-likeness (QED) is 0.492. The number of nitrogens with one attached hydrogen (secondary N) is 1. The minimum Gasteiger partial charge on any atom is -0.465 e. The Balaban J connectivity index is 2.72. The number of carbonyl (C=O) groups excluding carboxylic acids is 3. The lowest BCUT2D eigenvalue weighted by Gasteiger charge is -2.25. The number of rotatable bonds is 13. The summed E-state index contributed by atoms with van der Waals surface area (Å²) in [6.45, 7) is 9.85. The van der Waals surface area contributed by atoms with Gasteiger partial charge in [-0.2, -0.15) is 0 Å². The zero-order valence-corrected chi connectivity index (χ0v) is 18.7. The highest BCUT2D eigenvalue weighted by Gasteiger charge is 2.31. The van der Waals surface area contributed by atoms with Gasteiger partial charge in [0, 0.05) is 5.92 Å². The third-order valence-corrected chi connectivity index (χ3v) is 4.45. The first-order valence-corrected chi connectivity index (χ1v) is 10.5. The van der Waals surface area contributed by atoms with Crippen LogP contribution in [0.5, 0.6) is 0 Å². The molecule has 7 heteroatoms. The molecule has 1 N–H and O–H groups in total. The number of benzene rings is 1. The van der Waals surface area contributed by atoms with E-state index in [9.17, 15) is 14.4 Å². The van der Waals surface area contributed by atoms with Gasteiger partial charge in [-0.15, -0.1) is 0 Å². The summed E-state index contributed by atoms with van der Waals surface area (Å²) >= 11 is 0. The molecule has 1 aromatic carbocycles. The van der Waals surface area contributed by atoms with Gasteiger partial charge in [0.2, 0.25) is 0 Å². The van der Waals surface area contributed by atoms with Gasteiger partial charge in [-0.05, 0) is 24.8 Å². The lowest BCUT2D eigenvalue weighted by atomic mass is 9.98. The van der Waals surface area contributed by atoms with Crippen LogP contribution < -0.4 is 5.32 Å². The lowest BCUT2D eigenvalue weighted by Crippen LogP contribution is -2.45. The molecule has 1 aromatic rings. The first kappa shape index (κ1) is 25.6. The summed E-state index contributed by atoms with van der Waals surface area (Å²) in [5.41, 5.74) is 1.01. The predicted octanol–water partition coefficient (Wildman–Crippen LogP) is 3.11. The van der Waals surface area contributed by atoms with Gasteiger partial charge in [0.15, 0.2) is 6.10 Å². The summed E-state index contributed by atoms with van der Waals surface area (Å²) in [6.07, 6.45) is -0.396. The van der Waals surface area contributed by atoms with Crippen molar-refractivity contribution in [3.8, 4) is 0 Å². The van der Waals surface area contributed by atoms with E-state index in [2.05, 4.69) is 5.32 Å². The van der Waals surface area contributed by atoms with Gasteiger partial charge in [0.1, 0.15) is 6.54 Å². The molecule has 0 bridgehead atoms. The van der Waals surface area contributed by atoms with Crippen LogP contribution in [0.15, 0.2) is 30.3 Å². The number of esters is 2. The molecule has 0 aromatic heterocycles. The molecule has 168 valence electrons. The third kappa shape index (κ3) is 9.87. The minimum absolute atomic E-state index is 0.220. The summed E-state index contributed by atoms with van der Waals surface area (Å²) in [5, 5.41) is 2.50. The molecule has 7 nitrogen and oxygen atoms in total. The maximum Gasteiger partial charge on any atom is 0.325 e. The molecule has 0 aliphatic rings. The third-order valence-electron chi connectivity index (χ3n) is 4.45. The van der Waals surface area contributed by atoms with E-state index in [4.69, 9.17) is 14.2 Å². The second-order valence-electron chi connectivity index (χ2n) is 7.89. The van der Waals surface area contributed by atoms with E-state index in [1.165, 1.54) is 0 Å². The van der Waals surface area contributed by atoms with Crippen LogP contribution in [0.4, 0.5) is 0 Å². The van der Waals surface area contributed by atoms with Crippen LogP contribution in [-0.4, -0.2) is 43.7 Å². The fourth-order valence-electron chi connectivity index (χ4n) is 2.97. The van der Waals surface area contributed by atoms with Crippen LogP contribution in [0, 0.1) is 17.8 Å². The molecule has 0 heterocycles. The highest BCUT2D eigenvalue weighted by molar-refractivity contribution is 5.87. The molecule has 0 saturated heterocycles. The molecular weight excluding hydrogens is 386 g/mol. The van der Waals surface area contributed by atoms with E-state index in [0.717, 1.165) is 5.56 Å². The van der Waals surface area contributed by atoms with Crippen LogP contribution in [0.2, 0.25) is 0 Å². The van der Waals surface area contributed by atoms with E-state index in [1.54, 1.807) is 20.8 Å². The van der Waals surface area contributed by atoms with Crippen molar-refractivity contribution in [3.05, 3.63) is 35.9 Å². The average Bonchev–Trinajstić information content (AvgIpc) is 2.70. The van der Waals surface area contributed by atoms with Gasteiger partial charge in [-0.3, -0.25) is 14.4 Å². The number of amides is 1. The Kier molecular flexibility index (Phi) is 11.7. The standard InChI is InChI=1S/C23H35NO6/c1-6-29-20(25)13-24-22(26)21(30-23(27)17(4)12-16(2)3)18(5)14-28-15-19-10-8-7-9-11-19/h7-11,16-18,21H,6,12-15H2,1-5H3,(H,24,26)/t17-,18+,21?/m1/s1. The highest BCUT2D eigenvalue weighted by Crippen LogP contribution is 2.17. The molecule has 0 saturated carbocycles. The Morgan fingerprint density at radius 1 is 1.03 bits per heavy atom. The van der Waals surface area contributed by atoms with Crippen molar-refractivity contribution in [2.24, 2.45) is 17.8 Å². The summed E-state index contributed by atoms with van der Waals surface area (Å²) in [5.74, 6) is -1.92. The molecule has 0 spiro atoms. The fraction of sp³-hybridized carbons (Fsp3) is 0.609. The van der Waals surface area contributed by atoms with Gasteiger partial charge < -0.3 is 19.5 Å². The van der Waals surface area contributed by atoms with Crippen LogP contribution in [0.1, 0.15) is 46.6 Å². The van der Waals surface area contributed by atoms with Crippen LogP contribution in [0.3, 0.4) is 0 Å². The Hall–Kier alpha value is -2.41. The molecule has 1 rings (SSSR count). The topological polar surface area (TPSA) is 90.9 Å². The highest BCUT2D eigenvalue weighted by atomic mass is 16.6. The van der Waals surface area contributed by atoms with Crippen LogP contribution in [-0.2, 0) is 35.2 Å². The molecule has 0 fully saturated rings. The van der Waals surface area contributed by atoms with Gasteiger partial charge in [-0.25, -0.2) is 0 Å². The van der Waals surface area contributed by atoms with Gasteiger partial charge in [-0.1, -0.05) is 58.0 Å². The number of ether oxygens (including phenoxy) is 3. The van der Waals surface area contributed by atoms with Crippen molar-refractivity contribution in [2.75, 3.05) is 19.8 Å². The van der Waals surface area contributed by atoms with E-state index >= 15 is 0 Å². The van der Waals surface area contributed by atoms with E-state index in [-0.39, 0.29) is 25.7 Å². The van der Waals surface area contributed by atoms with Gasteiger partial charge >= 0.3 is 11.9 Å². The first-order valence-electron chi connectivity index (χ1n) is 10.5. The normalized spacial score (nSPS) is 13.9. The van der Waals surface area contributed by atoms with E-state index in [0.29, 0.717) is 18.9 Å². The van der Waals surface area contributed by atoms with Crippen molar-refractivity contribution >= 4 is 17.8 Å². The van der Waals surface area contributed by atoms with Gasteiger partial charge in [0.25, 0.3) is 5.91 Å². The minimum atomic E-state index is -1.06. The molecule has 30 heavy (non-hydrogen) atoms. The molecule has 1 amide bonds. The summed E-state index contributed by atoms with van der Waals surface area (Å²) in [4.78, 5) is 36.7. The molecular formula is C23H35NO6. The second kappa shape index (κ2) is 13.7. The Labute approximate surface area is 179 Å². The van der Waals surface area contributed by atoms with Crippen molar-refractivity contribution in [3.63, 3.8) is 0 Å². The smallest absolute Gasteiger partial charge is 0.325 e. The number of carbonyl (C=O) groups is 3.